The third kappa shape index (κ3) is 3.87. The number of amides is 1. The maximum Gasteiger partial charge on any atom is 0.306 e. The van der Waals surface area contributed by atoms with Gasteiger partial charge < -0.3 is 10.1 Å². The number of rotatable bonds is 5. The number of nitrogens with one attached hydrogen (secondary N) is 1. The van der Waals surface area contributed by atoms with Gasteiger partial charge in [0.25, 0.3) is 0 Å². The fraction of sp³-hybridized carbons (Fsp3) is 0.429. The standard InChI is InChI=1S/C14H17NO3/c16-13(10-12-6-7-14(17)18-12)15-9-8-11-4-2-1-3-5-11/h1-5,12H,6-10H2,(H,15,16). The van der Waals surface area contributed by atoms with E-state index >= 15 is 0 Å². The smallest absolute Gasteiger partial charge is 0.306 e. The molecule has 0 aromatic heterocycles. The van der Waals surface area contributed by atoms with Crippen molar-refractivity contribution >= 4 is 11.9 Å². The molecule has 0 spiro atoms. The molecule has 1 aliphatic rings. The molecular formula is C14H17NO3. The number of benzene rings is 1. The average molecular weight is 247 g/mol. The molecule has 4 nitrogen and oxygen atoms in total. The molecule has 0 bridgehead atoms. The van der Waals surface area contributed by atoms with Crippen LogP contribution in [0.25, 0.3) is 0 Å². The van der Waals surface area contributed by atoms with Gasteiger partial charge in [-0.05, 0) is 18.4 Å². The molecular weight excluding hydrogens is 230 g/mol. The van der Waals surface area contributed by atoms with Crippen molar-refractivity contribution in [1.82, 2.24) is 5.32 Å². The summed E-state index contributed by atoms with van der Waals surface area (Å²) in [6.07, 6.45) is 1.96. The first-order valence-electron chi connectivity index (χ1n) is 6.24. The molecule has 1 unspecified atom stereocenters. The van der Waals surface area contributed by atoms with Crippen molar-refractivity contribution < 1.29 is 14.3 Å². The van der Waals surface area contributed by atoms with Crippen molar-refractivity contribution in [2.45, 2.75) is 31.8 Å². The van der Waals surface area contributed by atoms with Crippen LogP contribution in [0.1, 0.15) is 24.8 Å². The topological polar surface area (TPSA) is 55.4 Å². The number of hydrogen-bond donors (Lipinski definition) is 1. The van der Waals surface area contributed by atoms with Crippen LogP contribution in [0.15, 0.2) is 30.3 Å². The lowest BCUT2D eigenvalue weighted by atomic mass is 10.1. The summed E-state index contributed by atoms with van der Waals surface area (Å²) in [6.45, 7) is 0.615. The fourth-order valence-electron chi connectivity index (χ4n) is 2.00. The Hall–Kier alpha value is -1.84. The molecule has 2 rings (SSSR count). The van der Waals surface area contributed by atoms with E-state index < -0.39 is 0 Å². The quantitative estimate of drug-likeness (QED) is 0.801. The number of ether oxygens (including phenoxy) is 1. The third-order valence-corrected chi connectivity index (χ3v) is 2.96. The zero-order chi connectivity index (χ0) is 12.8. The summed E-state index contributed by atoms with van der Waals surface area (Å²) in [5.41, 5.74) is 1.20. The molecule has 1 aromatic rings. The van der Waals surface area contributed by atoms with Gasteiger partial charge in [-0.1, -0.05) is 30.3 Å². The Morgan fingerprint density at radius 1 is 1.33 bits per heavy atom. The highest BCUT2D eigenvalue weighted by molar-refractivity contribution is 5.78. The van der Waals surface area contributed by atoms with Gasteiger partial charge in [-0.2, -0.15) is 0 Å². The summed E-state index contributed by atoms with van der Waals surface area (Å²) < 4.78 is 5.00. The van der Waals surface area contributed by atoms with Gasteiger partial charge in [0.1, 0.15) is 6.10 Å². The van der Waals surface area contributed by atoms with Crippen molar-refractivity contribution in [3.05, 3.63) is 35.9 Å². The van der Waals surface area contributed by atoms with E-state index in [1.807, 2.05) is 30.3 Å². The molecule has 4 heteroatoms. The highest BCUT2D eigenvalue weighted by atomic mass is 16.5. The van der Waals surface area contributed by atoms with E-state index in [1.165, 1.54) is 5.56 Å². The minimum absolute atomic E-state index is 0.0503. The maximum atomic E-state index is 11.6. The molecule has 1 aliphatic heterocycles. The monoisotopic (exact) mass is 247 g/mol. The second kappa shape index (κ2) is 6.19. The van der Waals surface area contributed by atoms with Crippen LogP contribution >= 0.6 is 0 Å². The van der Waals surface area contributed by atoms with E-state index in [1.54, 1.807) is 0 Å². The maximum absolute atomic E-state index is 11.6. The van der Waals surface area contributed by atoms with Crippen LogP contribution in [0.4, 0.5) is 0 Å². The molecule has 1 heterocycles. The minimum atomic E-state index is -0.228. The van der Waals surface area contributed by atoms with Crippen molar-refractivity contribution in [3.8, 4) is 0 Å². The Bertz CT molecular complexity index is 416. The largest absolute Gasteiger partial charge is 0.462 e. The van der Waals surface area contributed by atoms with Gasteiger partial charge in [0, 0.05) is 13.0 Å². The highest BCUT2D eigenvalue weighted by Crippen LogP contribution is 2.16. The number of carbonyl (C=O) groups excluding carboxylic acids is 2. The molecule has 1 aromatic carbocycles. The number of hydrogen-bond acceptors (Lipinski definition) is 3. The predicted molar refractivity (Wildman–Crippen MR) is 66.9 cm³/mol. The average Bonchev–Trinajstić information content (AvgIpc) is 2.76. The van der Waals surface area contributed by atoms with Crippen LogP contribution in [0.3, 0.4) is 0 Å². The second-order valence-corrected chi connectivity index (χ2v) is 4.44. The first kappa shape index (κ1) is 12.6. The summed E-state index contributed by atoms with van der Waals surface area (Å²) in [4.78, 5) is 22.5. The molecule has 0 aliphatic carbocycles. The zero-order valence-corrected chi connectivity index (χ0v) is 10.2. The molecule has 96 valence electrons. The van der Waals surface area contributed by atoms with E-state index in [4.69, 9.17) is 4.74 Å². The summed E-state index contributed by atoms with van der Waals surface area (Å²) >= 11 is 0. The fourth-order valence-corrected chi connectivity index (χ4v) is 2.00. The summed E-state index contributed by atoms with van der Waals surface area (Å²) in [5.74, 6) is -0.247. The van der Waals surface area contributed by atoms with Crippen molar-refractivity contribution in [2.24, 2.45) is 0 Å². The molecule has 1 N–H and O–H groups in total. The Morgan fingerprint density at radius 3 is 2.78 bits per heavy atom. The van der Waals surface area contributed by atoms with Crippen molar-refractivity contribution in [1.29, 1.82) is 0 Å². The Morgan fingerprint density at radius 2 is 2.11 bits per heavy atom. The normalized spacial score (nSPS) is 18.4. The highest BCUT2D eigenvalue weighted by Gasteiger charge is 2.25. The SMILES string of the molecule is O=C(CC1CCC(=O)O1)NCCc1ccccc1. The Balaban J connectivity index is 1.64. The van der Waals surface area contributed by atoms with E-state index in [-0.39, 0.29) is 24.4 Å². The van der Waals surface area contributed by atoms with Crippen LogP contribution in [-0.4, -0.2) is 24.5 Å². The van der Waals surface area contributed by atoms with Gasteiger partial charge in [-0.25, -0.2) is 0 Å². The van der Waals surface area contributed by atoms with Gasteiger partial charge in [0.2, 0.25) is 5.91 Å². The van der Waals surface area contributed by atoms with Gasteiger partial charge in [0.15, 0.2) is 0 Å². The lowest BCUT2D eigenvalue weighted by Gasteiger charge is -2.09. The zero-order valence-electron chi connectivity index (χ0n) is 10.2. The second-order valence-electron chi connectivity index (χ2n) is 4.44. The first-order valence-corrected chi connectivity index (χ1v) is 6.24. The van der Waals surface area contributed by atoms with Crippen molar-refractivity contribution in [3.63, 3.8) is 0 Å². The van der Waals surface area contributed by atoms with Crippen LogP contribution in [0.5, 0.6) is 0 Å². The third-order valence-electron chi connectivity index (χ3n) is 2.96. The van der Waals surface area contributed by atoms with Crippen LogP contribution in [0.2, 0.25) is 0 Å². The molecule has 18 heavy (non-hydrogen) atoms. The van der Waals surface area contributed by atoms with Gasteiger partial charge in [-0.15, -0.1) is 0 Å². The van der Waals surface area contributed by atoms with E-state index in [2.05, 4.69) is 5.32 Å². The van der Waals surface area contributed by atoms with Crippen LogP contribution < -0.4 is 5.32 Å². The summed E-state index contributed by atoms with van der Waals surface area (Å²) in [7, 11) is 0. The summed E-state index contributed by atoms with van der Waals surface area (Å²) in [5, 5.41) is 2.84. The first-order chi connectivity index (χ1) is 8.74. The molecule has 1 atom stereocenters. The summed E-state index contributed by atoms with van der Waals surface area (Å²) in [6, 6.07) is 10.00. The van der Waals surface area contributed by atoms with Crippen molar-refractivity contribution in [2.75, 3.05) is 6.54 Å². The molecule has 0 radical (unpaired) electrons. The Kier molecular flexibility index (Phi) is 4.34. The number of cyclic esters (lactones) is 1. The molecule has 0 saturated carbocycles. The predicted octanol–water partition coefficient (Wildman–Crippen LogP) is 1.44. The molecule has 1 fully saturated rings. The Labute approximate surface area is 106 Å². The lowest BCUT2D eigenvalue weighted by molar-refractivity contribution is -0.142. The van der Waals surface area contributed by atoms with E-state index in [0.29, 0.717) is 19.4 Å². The van der Waals surface area contributed by atoms with Crippen LogP contribution in [0, 0.1) is 0 Å². The van der Waals surface area contributed by atoms with E-state index in [0.717, 1.165) is 6.42 Å². The van der Waals surface area contributed by atoms with Gasteiger partial charge >= 0.3 is 5.97 Å². The number of esters is 1. The molecule has 1 amide bonds. The van der Waals surface area contributed by atoms with Crippen LogP contribution in [-0.2, 0) is 20.7 Å². The lowest BCUT2D eigenvalue weighted by Crippen LogP contribution is -2.29. The van der Waals surface area contributed by atoms with E-state index in [9.17, 15) is 9.59 Å². The van der Waals surface area contributed by atoms with Gasteiger partial charge in [0.05, 0.1) is 6.42 Å². The minimum Gasteiger partial charge on any atom is -0.462 e. The van der Waals surface area contributed by atoms with Gasteiger partial charge in [-0.3, -0.25) is 9.59 Å². The number of carbonyl (C=O) groups is 2. The molecule has 1 saturated heterocycles.